The molecule has 0 amide bonds. The Bertz CT molecular complexity index is 349. The third-order valence-electron chi connectivity index (χ3n) is 4.08. The van der Waals surface area contributed by atoms with Crippen LogP contribution in [0, 0.1) is 0 Å². The van der Waals surface area contributed by atoms with Gasteiger partial charge in [0.2, 0.25) is 0 Å². The summed E-state index contributed by atoms with van der Waals surface area (Å²) in [5.41, 5.74) is -5.13. The van der Waals surface area contributed by atoms with Crippen LogP contribution in [0.15, 0.2) is 0 Å². The fourth-order valence-corrected chi connectivity index (χ4v) is 5.29. The van der Waals surface area contributed by atoms with Gasteiger partial charge in [0.25, 0.3) is 5.67 Å². The molecule has 1 aliphatic rings. The van der Waals surface area contributed by atoms with Crippen molar-refractivity contribution in [2.24, 2.45) is 0 Å². The summed E-state index contributed by atoms with van der Waals surface area (Å²) in [5.74, 6) is 0. The van der Waals surface area contributed by atoms with Crippen molar-refractivity contribution >= 4 is 8.24 Å². The van der Waals surface area contributed by atoms with E-state index >= 15 is 0 Å². The van der Waals surface area contributed by atoms with Gasteiger partial charge in [0.1, 0.15) is 8.24 Å². The summed E-state index contributed by atoms with van der Waals surface area (Å²) in [6, 6.07) is 0.171. The molecule has 0 unspecified atom stereocenters. The van der Waals surface area contributed by atoms with Crippen LogP contribution in [-0.2, 0) is 4.74 Å². The molecule has 22 heavy (non-hydrogen) atoms. The highest BCUT2D eigenvalue weighted by Gasteiger charge is 2.71. The van der Waals surface area contributed by atoms with Gasteiger partial charge in [0.15, 0.2) is 0 Å². The van der Waals surface area contributed by atoms with Crippen molar-refractivity contribution < 1.29 is 35.5 Å². The van der Waals surface area contributed by atoms with E-state index in [0.717, 1.165) is 0 Å². The van der Waals surface area contributed by atoms with Gasteiger partial charge < -0.3 is 9.30 Å². The van der Waals surface area contributed by atoms with E-state index in [9.17, 15) is 30.7 Å². The van der Waals surface area contributed by atoms with Crippen LogP contribution < -0.4 is 0 Å². The molecule has 0 saturated carbocycles. The zero-order valence-electron chi connectivity index (χ0n) is 12.5. The molecule has 0 N–H and O–H groups in total. The zero-order valence-corrected chi connectivity index (χ0v) is 13.5. The van der Waals surface area contributed by atoms with Crippen molar-refractivity contribution in [3.05, 3.63) is 0 Å². The molecule has 0 bridgehead atoms. The number of hydrogen-bond donors (Lipinski definition) is 0. The second kappa shape index (κ2) is 6.64. The average Bonchev–Trinajstić information content (AvgIpc) is 2.36. The average molecular weight is 355 g/mol. The minimum atomic E-state index is -5.95. The number of morpholine rings is 1. The van der Waals surface area contributed by atoms with Crippen LogP contribution in [0.1, 0.15) is 12.8 Å². The predicted molar refractivity (Wildman–Crippen MR) is 69.9 cm³/mol. The molecule has 0 aromatic carbocycles. The predicted octanol–water partition coefficient (Wildman–Crippen LogP) is 4.14. The Morgan fingerprint density at radius 1 is 0.909 bits per heavy atom. The second-order valence-electron chi connectivity index (χ2n) is 6.06. The molecule has 1 rings (SSSR count). The molecule has 1 heterocycles. The van der Waals surface area contributed by atoms with Crippen LogP contribution in [0.3, 0.4) is 0 Å². The van der Waals surface area contributed by atoms with Gasteiger partial charge in [-0.3, -0.25) is 0 Å². The van der Waals surface area contributed by atoms with Crippen molar-refractivity contribution in [1.29, 1.82) is 0 Å². The van der Waals surface area contributed by atoms with Crippen LogP contribution in [0.5, 0.6) is 0 Å². The lowest BCUT2D eigenvalue weighted by molar-refractivity contribution is -0.343. The van der Waals surface area contributed by atoms with Crippen LogP contribution in [-0.4, -0.2) is 57.1 Å². The van der Waals surface area contributed by atoms with Gasteiger partial charge in [-0.25, -0.2) is 4.39 Å². The monoisotopic (exact) mass is 355 g/mol. The van der Waals surface area contributed by atoms with Gasteiger partial charge in [-0.1, -0.05) is 19.5 Å². The molecule has 1 aliphatic heterocycles. The molecule has 0 spiro atoms. The Labute approximate surface area is 125 Å². The van der Waals surface area contributed by atoms with Gasteiger partial charge in [-0.2, -0.15) is 26.3 Å². The molecule has 1 saturated heterocycles. The molecule has 0 aromatic rings. The lowest BCUT2D eigenvalue weighted by Gasteiger charge is -2.40. The molecule has 2 nitrogen and oxygen atoms in total. The molecule has 0 aliphatic carbocycles. The third-order valence-corrected chi connectivity index (χ3v) is 7.81. The highest BCUT2D eigenvalue weighted by atomic mass is 28.3. The summed E-state index contributed by atoms with van der Waals surface area (Å²) in [4.78, 5) is 0. The third kappa shape index (κ3) is 4.35. The summed E-state index contributed by atoms with van der Waals surface area (Å²) in [7, 11) is -2.17. The lowest BCUT2D eigenvalue weighted by Crippen LogP contribution is -2.55. The van der Waals surface area contributed by atoms with E-state index in [1.807, 2.05) is 13.1 Å². The molecule has 10 heteroatoms. The SMILES string of the molecule is C[Si](C)(CCCC(F)(C(F)(F)F)C(F)(F)F)N1CCOCC1. The number of halogens is 7. The Morgan fingerprint density at radius 2 is 1.36 bits per heavy atom. The van der Waals surface area contributed by atoms with E-state index in [0.29, 0.717) is 26.3 Å². The number of nitrogens with zero attached hydrogens (tertiary/aromatic N) is 1. The molecule has 0 atom stereocenters. The van der Waals surface area contributed by atoms with E-state index in [1.165, 1.54) is 0 Å². The van der Waals surface area contributed by atoms with Crippen molar-refractivity contribution in [1.82, 2.24) is 4.57 Å². The minimum absolute atomic E-state index is 0.171. The van der Waals surface area contributed by atoms with Gasteiger partial charge >= 0.3 is 12.4 Å². The van der Waals surface area contributed by atoms with E-state index in [2.05, 4.69) is 4.57 Å². The van der Waals surface area contributed by atoms with Gasteiger partial charge in [-0.15, -0.1) is 0 Å². The first-order valence-electron chi connectivity index (χ1n) is 6.96. The standard InChI is InChI=1S/C12H20F7NOSi/c1-22(2,20-5-7-21-8-6-20)9-3-4-10(13,11(14,15)16)12(17,18)19/h3-9H2,1-2H3. The maximum absolute atomic E-state index is 13.6. The highest BCUT2D eigenvalue weighted by molar-refractivity contribution is 6.74. The Morgan fingerprint density at radius 3 is 1.77 bits per heavy atom. The maximum Gasteiger partial charge on any atom is 0.431 e. The molecular formula is C12H20F7NOSi. The fourth-order valence-electron chi connectivity index (χ4n) is 2.54. The van der Waals surface area contributed by atoms with Crippen molar-refractivity contribution in [3.8, 4) is 0 Å². The van der Waals surface area contributed by atoms with Crippen molar-refractivity contribution in [2.45, 2.75) is 50.0 Å². The first-order valence-corrected chi connectivity index (χ1v) is 10.1. The normalized spacial score (nSPS) is 19.5. The van der Waals surface area contributed by atoms with E-state index in [4.69, 9.17) is 4.74 Å². The Balaban J connectivity index is 2.66. The summed E-state index contributed by atoms with van der Waals surface area (Å²) in [6.07, 6.45) is -13.9. The minimum Gasteiger partial charge on any atom is -0.379 e. The second-order valence-corrected chi connectivity index (χ2v) is 10.8. The summed E-state index contributed by atoms with van der Waals surface area (Å²) < 4.78 is 95.6. The topological polar surface area (TPSA) is 12.5 Å². The first kappa shape index (κ1) is 19.7. The quantitative estimate of drug-likeness (QED) is 0.543. The maximum atomic E-state index is 13.6. The number of hydrogen-bond acceptors (Lipinski definition) is 2. The van der Waals surface area contributed by atoms with Crippen LogP contribution >= 0.6 is 0 Å². The molecule has 1 fully saturated rings. The smallest absolute Gasteiger partial charge is 0.379 e. The van der Waals surface area contributed by atoms with Gasteiger partial charge in [0.05, 0.1) is 13.2 Å². The molecule has 132 valence electrons. The molecule has 0 aromatic heterocycles. The number of rotatable bonds is 5. The van der Waals surface area contributed by atoms with Gasteiger partial charge in [-0.05, 0) is 12.5 Å². The van der Waals surface area contributed by atoms with Crippen LogP contribution in [0.4, 0.5) is 30.7 Å². The van der Waals surface area contributed by atoms with E-state index < -0.39 is 39.1 Å². The Kier molecular flexibility index (Phi) is 5.94. The van der Waals surface area contributed by atoms with E-state index in [1.54, 1.807) is 0 Å². The lowest BCUT2D eigenvalue weighted by atomic mass is 9.99. The summed E-state index contributed by atoms with van der Waals surface area (Å²) >= 11 is 0. The largest absolute Gasteiger partial charge is 0.431 e. The van der Waals surface area contributed by atoms with Crippen molar-refractivity contribution in [2.75, 3.05) is 26.3 Å². The van der Waals surface area contributed by atoms with Gasteiger partial charge in [0, 0.05) is 13.1 Å². The fraction of sp³-hybridized carbons (Fsp3) is 1.00. The van der Waals surface area contributed by atoms with Crippen LogP contribution in [0.25, 0.3) is 0 Å². The van der Waals surface area contributed by atoms with Crippen LogP contribution in [0.2, 0.25) is 19.1 Å². The molecular weight excluding hydrogens is 335 g/mol. The Hall–Kier alpha value is -0.353. The van der Waals surface area contributed by atoms with Crippen molar-refractivity contribution in [3.63, 3.8) is 0 Å². The molecule has 0 radical (unpaired) electrons. The first-order chi connectivity index (χ1) is 9.81. The van der Waals surface area contributed by atoms with E-state index in [-0.39, 0.29) is 6.04 Å². The summed E-state index contributed by atoms with van der Waals surface area (Å²) in [6.45, 7) is 5.93. The number of alkyl halides is 7. The zero-order chi connectivity index (χ0) is 17.2. The summed E-state index contributed by atoms with van der Waals surface area (Å²) in [5, 5.41) is 0. The number of ether oxygens (including phenoxy) is 1. The highest BCUT2D eigenvalue weighted by Crippen LogP contribution is 2.49.